The number of nitrogens with one attached hydrogen (secondary N) is 2. The molecule has 1 amide bonds. The summed E-state index contributed by atoms with van der Waals surface area (Å²) < 4.78 is 36.8. The number of anilines is 1. The van der Waals surface area contributed by atoms with Crippen molar-refractivity contribution in [1.82, 2.24) is 19.8 Å². The van der Waals surface area contributed by atoms with E-state index in [9.17, 15) is 18.0 Å². The van der Waals surface area contributed by atoms with Gasteiger partial charge in [0.1, 0.15) is 17.1 Å². The van der Waals surface area contributed by atoms with Crippen molar-refractivity contribution >= 4 is 21.6 Å². The molecule has 0 aliphatic carbocycles. The molecule has 0 aliphatic heterocycles. The van der Waals surface area contributed by atoms with Crippen molar-refractivity contribution in [3.63, 3.8) is 0 Å². The van der Waals surface area contributed by atoms with Crippen LogP contribution in [0.3, 0.4) is 0 Å². The molecular formula is C24H25N5O5S. The Morgan fingerprint density at radius 3 is 2.43 bits per heavy atom. The molecule has 0 saturated carbocycles. The van der Waals surface area contributed by atoms with E-state index in [1.54, 1.807) is 68.9 Å². The molecule has 0 bridgehead atoms. The summed E-state index contributed by atoms with van der Waals surface area (Å²) in [5.41, 5.74) is 1.81. The number of hydrogen-bond donors (Lipinski definition) is 2. The summed E-state index contributed by atoms with van der Waals surface area (Å²) in [6.45, 7) is 5.23. The predicted molar refractivity (Wildman–Crippen MR) is 130 cm³/mol. The molecule has 2 heterocycles. The summed E-state index contributed by atoms with van der Waals surface area (Å²) in [6.07, 6.45) is 0. The molecule has 0 atom stereocenters. The van der Waals surface area contributed by atoms with Crippen LogP contribution in [-0.4, -0.2) is 28.8 Å². The van der Waals surface area contributed by atoms with Crippen molar-refractivity contribution in [2.75, 3.05) is 4.72 Å². The van der Waals surface area contributed by atoms with Gasteiger partial charge in [0.25, 0.3) is 21.5 Å². The van der Waals surface area contributed by atoms with E-state index in [0.717, 1.165) is 0 Å². The molecular weight excluding hydrogens is 470 g/mol. The molecule has 0 fully saturated rings. The van der Waals surface area contributed by atoms with E-state index in [1.807, 2.05) is 6.07 Å². The average Bonchev–Trinajstić information content (AvgIpc) is 3.34. The SMILES string of the molecule is Cc1cc(CNC(=O)c2cc(S(=O)(=O)Nc3c(C)n(C)n(-c4ccccc4)c3=O)ccc2C)no1. The number of carbonyl (C=O) groups is 1. The van der Waals surface area contributed by atoms with Crippen LogP contribution in [0.25, 0.3) is 5.69 Å². The molecule has 10 nitrogen and oxygen atoms in total. The minimum atomic E-state index is -4.16. The topological polar surface area (TPSA) is 128 Å². The van der Waals surface area contributed by atoms with Crippen molar-refractivity contribution in [2.24, 2.45) is 7.05 Å². The first-order chi connectivity index (χ1) is 16.6. The summed E-state index contributed by atoms with van der Waals surface area (Å²) in [5.74, 6) is 0.162. The maximum Gasteiger partial charge on any atom is 0.296 e. The molecule has 4 aromatic rings. The highest BCUT2D eigenvalue weighted by Gasteiger charge is 2.24. The Balaban J connectivity index is 1.62. The second-order valence-electron chi connectivity index (χ2n) is 8.13. The number of aryl methyl sites for hydroxylation is 2. The number of sulfonamides is 1. The van der Waals surface area contributed by atoms with Crippen LogP contribution in [0.15, 0.2) is 68.8 Å². The van der Waals surface area contributed by atoms with Crippen LogP contribution in [0, 0.1) is 20.8 Å². The van der Waals surface area contributed by atoms with Gasteiger partial charge in [0.2, 0.25) is 0 Å². The van der Waals surface area contributed by atoms with Crippen molar-refractivity contribution in [1.29, 1.82) is 0 Å². The Labute approximate surface area is 202 Å². The van der Waals surface area contributed by atoms with E-state index in [2.05, 4.69) is 15.2 Å². The summed E-state index contributed by atoms with van der Waals surface area (Å²) in [6, 6.07) is 14.8. The van der Waals surface area contributed by atoms with Gasteiger partial charge in [-0.25, -0.2) is 13.1 Å². The maximum atomic E-state index is 13.2. The van der Waals surface area contributed by atoms with Crippen LogP contribution in [0.4, 0.5) is 5.69 Å². The first-order valence-corrected chi connectivity index (χ1v) is 12.2. The van der Waals surface area contributed by atoms with E-state index >= 15 is 0 Å². The van der Waals surface area contributed by atoms with Gasteiger partial charge in [-0.3, -0.25) is 19.0 Å². The van der Waals surface area contributed by atoms with Gasteiger partial charge in [-0.1, -0.05) is 29.4 Å². The van der Waals surface area contributed by atoms with Gasteiger partial charge in [0.15, 0.2) is 0 Å². The fourth-order valence-corrected chi connectivity index (χ4v) is 4.80. The zero-order valence-electron chi connectivity index (χ0n) is 19.7. The number of amides is 1. The smallest absolute Gasteiger partial charge is 0.296 e. The first-order valence-electron chi connectivity index (χ1n) is 10.8. The largest absolute Gasteiger partial charge is 0.361 e. The molecule has 2 N–H and O–H groups in total. The van der Waals surface area contributed by atoms with Gasteiger partial charge in [-0.15, -0.1) is 0 Å². The Hall–Kier alpha value is -4.12. The van der Waals surface area contributed by atoms with Gasteiger partial charge in [-0.2, -0.15) is 0 Å². The van der Waals surface area contributed by atoms with Crippen molar-refractivity contribution < 1.29 is 17.7 Å². The minimum absolute atomic E-state index is 0.0654. The van der Waals surface area contributed by atoms with Crippen LogP contribution < -0.4 is 15.6 Å². The Bertz CT molecular complexity index is 1570. The van der Waals surface area contributed by atoms with Gasteiger partial charge >= 0.3 is 0 Å². The highest BCUT2D eigenvalue weighted by atomic mass is 32.2. The third-order valence-electron chi connectivity index (χ3n) is 5.66. The molecule has 2 aromatic heterocycles. The summed E-state index contributed by atoms with van der Waals surface area (Å²) in [4.78, 5) is 25.7. The van der Waals surface area contributed by atoms with Crippen molar-refractivity contribution in [3.8, 4) is 5.69 Å². The van der Waals surface area contributed by atoms with E-state index in [1.165, 1.54) is 16.8 Å². The molecule has 0 aliphatic rings. The summed E-state index contributed by atoms with van der Waals surface area (Å²) in [7, 11) is -2.49. The zero-order valence-corrected chi connectivity index (χ0v) is 20.5. The monoisotopic (exact) mass is 495 g/mol. The molecule has 2 aromatic carbocycles. The lowest BCUT2D eigenvalue weighted by molar-refractivity contribution is 0.0949. The number of carbonyl (C=O) groups excluding carboxylic acids is 1. The van der Waals surface area contributed by atoms with Crippen LogP contribution in [-0.2, 0) is 23.6 Å². The van der Waals surface area contributed by atoms with Gasteiger partial charge in [0.05, 0.1) is 22.8 Å². The highest BCUT2D eigenvalue weighted by Crippen LogP contribution is 2.21. The molecule has 0 radical (unpaired) electrons. The second kappa shape index (κ2) is 9.26. The number of rotatable bonds is 7. The first kappa shape index (κ1) is 24.0. The van der Waals surface area contributed by atoms with Crippen LogP contribution >= 0.6 is 0 Å². The number of hydrogen-bond acceptors (Lipinski definition) is 6. The average molecular weight is 496 g/mol. The lowest BCUT2D eigenvalue weighted by atomic mass is 10.1. The van der Waals surface area contributed by atoms with E-state index < -0.39 is 21.5 Å². The maximum absolute atomic E-state index is 13.2. The molecule has 35 heavy (non-hydrogen) atoms. The van der Waals surface area contributed by atoms with Gasteiger partial charge in [-0.05, 0) is 50.6 Å². The molecule has 11 heteroatoms. The lowest BCUT2D eigenvalue weighted by Crippen LogP contribution is -2.25. The standard InChI is InChI=1S/C24H25N5O5S/c1-15-10-11-20(13-21(15)23(30)25-14-18-12-16(2)34-26-18)35(32,33)27-22-17(3)28(4)29(24(22)31)19-8-6-5-7-9-19/h5-13,27H,14H2,1-4H3,(H,25,30). The molecule has 4 rings (SSSR count). The molecule has 182 valence electrons. The summed E-state index contributed by atoms with van der Waals surface area (Å²) in [5, 5.41) is 6.54. The number of para-hydroxylation sites is 1. The van der Waals surface area contributed by atoms with E-state index in [4.69, 9.17) is 4.52 Å². The highest BCUT2D eigenvalue weighted by molar-refractivity contribution is 7.92. The van der Waals surface area contributed by atoms with Gasteiger partial charge < -0.3 is 9.84 Å². The number of benzene rings is 2. The normalized spacial score (nSPS) is 11.4. The third kappa shape index (κ3) is 4.76. The zero-order chi connectivity index (χ0) is 25.3. The lowest BCUT2D eigenvalue weighted by Gasteiger charge is -2.11. The molecule has 0 spiro atoms. The second-order valence-corrected chi connectivity index (χ2v) is 9.81. The molecule has 0 unspecified atom stereocenters. The van der Waals surface area contributed by atoms with Crippen LogP contribution in [0.1, 0.15) is 33.1 Å². The van der Waals surface area contributed by atoms with E-state index in [-0.39, 0.29) is 22.7 Å². The molecule has 0 saturated heterocycles. The van der Waals surface area contributed by atoms with Crippen LogP contribution in [0.5, 0.6) is 0 Å². The van der Waals surface area contributed by atoms with Crippen molar-refractivity contribution in [2.45, 2.75) is 32.2 Å². The Morgan fingerprint density at radius 2 is 1.77 bits per heavy atom. The minimum Gasteiger partial charge on any atom is -0.361 e. The fourth-order valence-electron chi connectivity index (χ4n) is 3.66. The number of aromatic nitrogens is 3. The fraction of sp³-hybridized carbons (Fsp3) is 0.208. The van der Waals surface area contributed by atoms with Crippen molar-refractivity contribution in [3.05, 3.63) is 93.2 Å². The van der Waals surface area contributed by atoms with Gasteiger partial charge in [0, 0.05) is 18.7 Å². The number of nitrogens with zero attached hydrogens (tertiary/aromatic N) is 3. The quantitative estimate of drug-likeness (QED) is 0.406. The third-order valence-corrected chi connectivity index (χ3v) is 7.01. The Morgan fingerprint density at radius 1 is 1.06 bits per heavy atom. The van der Waals surface area contributed by atoms with Crippen LogP contribution in [0.2, 0.25) is 0 Å². The predicted octanol–water partition coefficient (Wildman–Crippen LogP) is 2.82. The van der Waals surface area contributed by atoms with E-state index in [0.29, 0.717) is 28.4 Å². The summed E-state index contributed by atoms with van der Waals surface area (Å²) >= 11 is 0. The Kier molecular flexibility index (Phi) is 6.35.